The third kappa shape index (κ3) is 74.9. The number of quaternary nitrogens is 1. The van der Waals surface area contributed by atoms with Crippen LogP contribution in [0.2, 0.25) is 0 Å². The fourth-order valence-corrected chi connectivity index (χ4v) is 10.8. The van der Waals surface area contributed by atoms with E-state index in [4.69, 9.17) is 18.9 Å². The number of hydrogen-bond acceptors (Lipinski definition) is 8. The fourth-order valence-electron chi connectivity index (χ4n) is 10.8. The van der Waals surface area contributed by atoms with E-state index in [2.05, 4.69) is 135 Å². The lowest BCUT2D eigenvalue weighted by Gasteiger charge is -2.26. The smallest absolute Gasteiger partial charge is 0.306 e. The molecule has 0 aliphatic carbocycles. The predicted octanol–water partition coefficient (Wildman–Crippen LogP) is 23.4. The number of carboxylic acid groups (broad SMARTS) is 1. The van der Waals surface area contributed by atoms with Gasteiger partial charge in [0.25, 0.3) is 0 Å². The minimum Gasteiger partial charge on any atom is -0.545 e. The zero-order chi connectivity index (χ0) is 67.5. The number of ether oxygens (including phenoxy) is 4. The van der Waals surface area contributed by atoms with E-state index in [-0.39, 0.29) is 38.6 Å². The highest BCUT2D eigenvalue weighted by molar-refractivity contribution is 5.70. The highest BCUT2D eigenvalue weighted by Gasteiger charge is 2.22. The van der Waals surface area contributed by atoms with Gasteiger partial charge in [-0.15, -0.1) is 0 Å². The van der Waals surface area contributed by atoms with Crippen molar-refractivity contribution in [2.45, 2.75) is 347 Å². The van der Waals surface area contributed by atoms with E-state index in [0.717, 1.165) is 109 Å². The summed E-state index contributed by atoms with van der Waals surface area (Å²) in [5.74, 6) is -2.30. The number of carbonyl (C=O) groups is 3. The van der Waals surface area contributed by atoms with Crippen LogP contribution in [0.3, 0.4) is 0 Å². The number of rotatable bonds is 71. The first-order valence-electron chi connectivity index (χ1n) is 38.7. The highest BCUT2D eigenvalue weighted by Crippen LogP contribution is 2.18. The number of unbranched alkanes of at least 4 members (excludes halogenated alkanes) is 36. The van der Waals surface area contributed by atoms with Crippen LogP contribution in [-0.2, 0) is 33.3 Å². The topological polar surface area (TPSA) is 111 Å². The van der Waals surface area contributed by atoms with Crippen LogP contribution in [0.4, 0.5) is 0 Å². The molecule has 9 nitrogen and oxygen atoms in total. The Morgan fingerprint density at radius 1 is 0.333 bits per heavy atom. The van der Waals surface area contributed by atoms with Crippen molar-refractivity contribution in [1.29, 1.82) is 0 Å². The Morgan fingerprint density at radius 2 is 0.613 bits per heavy atom. The van der Waals surface area contributed by atoms with Crippen molar-refractivity contribution in [3.8, 4) is 0 Å². The molecule has 0 amide bonds. The molecule has 2 atom stereocenters. The summed E-state index contributed by atoms with van der Waals surface area (Å²) >= 11 is 0. The molecule has 0 aromatic heterocycles. The molecule has 0 aliphatic heterocycles. The SMILES string of the molecule is CC/C=C\C/C=C\C/C=C\C/C=C\C/C=C\C/C=C\C/C=C\C/C=C\C/C=C\CCCCCCCC(=O)OC(COC(=O)CCCCCCCCCCCCCCCCCCCCCCCCC/C=C\CCCCCCCCCC)COC(OCC[N+](C)(C)C)C(=O)[O-]. The molecule has 534 valence electrons. The molecule has 0 aromatic rings. The molecule has 0 bridgehead atoms. The van der Waals surface area contributed by atoms with Crippen molar-refractivity contribution in [1.82, 2.24) is 0 Å². The Labute approximate surface area is 574 Å². The van der Waals surface area contributed by atoms with Gasteiger partial charge in [0, 0.05) is 12.8 Å². The minimum absolute atomic E-state index is 0.139. The van der Waals surface area contributed by atoms with Gasteiger partial charge in [-0.2, -0.15) is 0 Å². The molecule has 0 spiro atoms. The lowest BCUT2D eigenvalue weighted by molar-refractivity contribution is -0.870. The van der Waals surface area contributed by atoms with Gasteiger partial charge in [-0.05, 0) is 109 Å². The van der Waals surface area contributed by atoms with E-state index in [1.807, 2.05) is 21.1 Å². The van der Waals surface area contributed by atoms with E-state index >= 15 is 0 Å². The maximum Gasteiger partial charge on any atom is 0.306 e. The maximum atomic E-state index is 13.0. The Bertz CT molecular complexity index is 1950. The Balaban J connectivity index is 4.11. The largest absolute Gasteiger partial charge is 0.545 e. The maximum absolute atomic E-state index is 13.0. The van der Waals surface area contributed by atoms with Gasteiger partial charge in [-0.3, -0.25) is 9.59 Å². The number of hydrogen-bond donors (Lipinski definition) is 0. The van der Waals surface area contributed by atoms with E-state index in [1.165, 1.54) is 193 Å². The molecule has 0 rings (SSSR count). The van der Waals surface area contributed by atoms with E-state index in [0.29, 0.717) is 17.4 Å². The van der Waals surface area contributed by atoms with E-state index < -0.39 is 24.3 Å². The average Bonchev–Trinajstić information content (AvgIpc) is 3.74. The summed E-state index contributed by atoms with van der Waals surface area (Å²) in [4.78, 5) is 37.6. The molecule has 2 unspecified atom stereocenters. The van der Waals surface area contributed by atoms with Crippen molar-refractivity contribution in [2.24, 2.45) is 0 Å². The van der Waals surface area contributed by atoms with Gasteiger partial charge in [-0.1, -0.05) is 334 Å². The quantitative estimate of drug-likeness (QED) is 0.0195. The second-order valence-electron chi connectivity index (χ2n) is 26.9. The van der Waals surface area contributed by atoms with Gasteiger partial charge in [0.1, 0.15) is 13.2 Å². The summed E-state index contributed by atoms with van der Waals surface area (Å²) in [5, 5.41) is 11.8. The third-order valence-electron chi connectivity index (χ3n) is 16.7. The fraction of sp³-hybridized carbons (Fsp3) is 0.726. The van der Waals surface area contributed by atoms with E-state index in [1.54, 1.807) is 0 Å². The van der Waals surface area contributed by atoms with Crippen LogP contribution >= 0.6 is 0 Å². The van der Waals surface area contributed by atoms with Gasteiger partial charge in [0.15, 0.2) is 12.4 Å². The molecular formula is C84H145NO8. The van der Waals surface area contributed by atoms with Crippen molar-refractivity contribution in [3.05, 3.63) is 122 Å². The summed E-state index contributed by atoms with van der Waals surface area (Å²) in [6, 6.07) is 0. The van der Waals surface area contributed by atoms with Gasteiger partial charge >= 0.3 is 11.9 Å². The predicted molar refractivity (Wildman–Crippen MR) is 398 cm³/mol. The molecule has 93 heavy (non-hydrogen) atoms. The van der Waals surface area contributed by atoms with Crippen molar-refractivity contribution < 1.29 is 42.9 Å². The van der Waals surface area contributed by atoms with Gasteiger partial charge in [-0.25, -0.2) is 0 Å². The van der Waals surface area contributed by atoms with Crippen molar-refractivity contribution in [3.63, 3.8) is 0 Å². The molecule has 0 N–H and O–H groups in total. The number of nitrogens with zero attached hydrogens (tertiary/aromatic N) is 1. The number of allylic oxidation sites excluding steroid dienone is 20. The first kappa shape index (κ1) is 88.7. The normalized spacial score (nSPS) is 13.3. The standard InChI is InChI=1S/C84H145NO8/c1-6-8-10-12-14-16-18-20-22-24-26-28-30-32-34-36-38-40-41-43-44-46-48-50-52-54-56-58-60-62-64-66-68-70-72-74-81(86)91-78-80(79-92-84(83(88)89)90-77-76-85(3,4)5)93-82(87)75-73-71-69-67-65-63-61-59-57-55-53-51-49-47-45-42-39-37-35-33-31-29-27-25-23-21-19-17-15-13-11-9-7-2/h9,11,15,17,21,23-24,26-27,29,33,35,39,42,47,49,53,55,59,61,80,84H,6-8,10,12-14,16,18-20,22,25,28,30-32,34,36-38,40-41,43-46,48,50-52,54,56-58,60,62-79H2,1-5H3/b11-9-,17-15-,23-21-,26-24-,29-27-,35-33-,42-39-,49-47-,55-53-,61-59-. The summed E-state index contributed by atoms with van der Waals surface area (Å²) in [6.07, 6.45) is 102. The Morgan fingerprint density at radius 3 is 0.925 bits per heavy atom. The molecule has 0 heterocycles. The number of aliphatic carboxylic acids is 1. The van der Waals surface area contributed by atoms with Gasteiger partial charge < -0.3 is 33.3 Å². The number of carbonyl (C=O) groups excluding carboxylic acids is 3. The number of likely N-dealkylation sites (N-methyl/N-ethyl adjacent to an activating group) is 1. The van der Waals surface area contributed by atoms with Crippen molar-refractivity contribution in [2.75, 3.05) is 47.5 Å². The molecule has 9 heteroatoms. The lowest BCUT2D eigenvalue weighted by atomic mass is 10.0. The molecule has 0 fully saturated rings. The highest BCUT2D eigenvalue weighted by atomic mass is 16.7. The first-order valence-corrected chi connectivity index (χ1v) is 38.7. The molecule has 0 aromatic carbocycles. The average molecular weight is 1300 g/mol. The van der Waals surface area contributed by atoms with Crippen LogP contribution in [0.25, 0.3) is 0 Å². The summed E-state index contributed by atoms with van der Waals surface area (Å²) in [5.41, 5.74) is 0. The zero-order valence-electron chi connectivity index (χ0n) is 61.1. The van der Waals surface area contributed by atoms with Crippen LogP contribution < -0.4 is 5.11 Å². The van der Waals surface area contributed by atoms with Crippen LogP contribution in [-0.4, -0.2) is 82.3 Å². The number of esters is 2. The molecule has 0 radical (unpaired) electrons. The lowest BCUT2D eigenvalue weighted by Crippen LogP contribution is -2.44. The van der Waals surface area contributed by atoms with E-state index in [9.17, 15) is 19.5 Å². The molecular weight excluding hydrogens is 1150 g/mol. The summed E-state index contributed by atoms with van der Waals surface area (Å²) in [7, 11) is 5.93. The minimum atomic E-state index is -1.63. The van der Waals surface area contributed by atoms with Crippen LogP contribution in [0, 0.1) is 0 Å². The Kier molecular flexibility index (Phi) is 70.1. The van der Waals surface area contributed by atoms with Crippen LogP contribution in [0.1, 0.15) is 335 Å². The van der Waals surface area contributed by atoms with Gasteiger partial charge in [0.05, 0.1) is 40.3 Å². The third-order valence-corrected chi connectivity index (χ3v) is 16.7. The second-order valence-corrected chi connectivity index (χ2v) is 26.9. The summed E-state index contributed by atoms with van der Waals surface area (Å²) < 4.78 is 22.8. The number of carboxylic acids is 1. The van der Waals surface area contributed by atoms with Gasteiger partial charge in [0.2, 0.25) is 0 Å². The monoisotopic (exact) mass is 1300 g/mol. The first-order chi connectivity index (χ1) is 45.6. The van der Waals surface area contributed by atoms with Crippen LogP contribution in [0.5, 0.6) is 0 Å². The molecule has 0 aliphatic rings. The summed E-state index contributed by atoms with van der Waals surface area (Å²) in [6.45, 7) is 4.64. The second kappa shape index (κ2) is 73.5. The molecule has 0 saturated heterocycles. The molecule has 0 saturated carbocycles. The van der Waals surface area contributed by atoms with Crippen LogP contribution in [0.15, 0.2) is 122 Å². The zero-order valence-corrected chi connectivity index (χ0v) is 61.1. The Hall–Kier alpha value is -4.31. The van der Waals surface area contributed by atoms with Crippen molar-refractivity contribution >= 4 is 17.9 Å².